The highest BCUT2D eigenvalue weighted by molar-refractivity contribution is 6.04. The zero-order chi connectivity index (χ0) is 36.9. The van der Waals surface area contributed by atoms with Crippen LogP contribution in [0.25, 0.3) is 22.4 Å². The van der Waals surface area contributed by atoms with Crippen molar-refractivity contribution < 1.29 is 19.1 Å². The number of likely N-dealkylation sites (N-methyl/N-ethyl adjacent to an activating group) is 1. The maximum atomic E-state index is 13.8. The second-order valence-corrected chi connectivity index (χ2v) is 14.1. The maximum absolute atomic E-state index is 13.8. The van der Waals surface area contributed by atoms with E-state index < -0.39 is 12.1 Å². The van der Waals surface area contributed by atoms with Gasteiger partial charge in [0.25, 0.3) is 5.91 Å². The van der Waals surface area contributed by atoms with Gasteiger partial charge in [-0.1, -0.05) is 50.2 Å². The number of carbonyl (C=O) groups is 3. The van der Waals surface area contributed by atoms with Crippen molar-refractivity contribution >= 4 is 29.4 Å². The summed E-state index contributed by atoms with van der Waals surface area (Å²) < 4.78 is 4.79. The fourth-order valence-corrected chi connectivity index (χ4v) is 6.88. The SMILES string of the molecule is COC(=O)N[C@H](C(=O)N1C[C@@H](N(C)C)C[C@H]1c1nc(-c2ccc(-c3ccc(NC(=O)c4ccc(N5CCNCC5C)nc4)cc3)cc2)c[nH]1)C(C)C. The maximum Gasteiger partial charge on any atom is 0.407 e. The number of aromatic amines is 1. The summed E-state index contributed by atoms with van der Waals surface area (Å²) in [5.41, 5.74) is 4.96. The van der Waals surface area contributed by atoms with Gasteiger partial charge in [-0.25, -0.2) is 14.8 Å². The number of imidazole rings is 1. The number of nitrogens with zero attached hydrogens (tertiary/aromatic N) is 5. The minimum absolute atomic E-state index is 0.126. The van der Waals surface area contributed by atoms with Crippen molar-refractivity contribution in [2.45, 2.75) is 51.4 Å². The molecule has 4 aromatic rings. The van der Waals surface area contributed by atoms with Gasteiger partial charge >= 0.3 is 6.09 Å². The lowest BCUT2D eigenvalue weighted by Gasteiger charge is -2.34. The van der Waals surface area contributed by atoms with E-state index >= 15 is 0 Å². The Morgan fingerprint density at radius 1 is 0.981 bits per heavy atom. The first-order valence-electron chi connectivity index (χ1n) is 17.8. The lowest BCUT2D eigenvalue weighted by atomic mass is 10.0. The smallest absolute Gasteiger partial charge is 0.407 e. The molecule has 0 bridgehead atoms. The molecule has 2 aliphatic heterocycles. The number of anilines is 2. The van der Waals surface area contributed by atoms with Crippen molar-refractivity contribution in [3.63, 3.8) is 0 Å². The minimum Gasteiger partial charge on any atom is -0.453 e. The summed E-state index contributed by atoms with van der Waals surface area (Å²) in [6.07, 6.45) is 3.58. The number of methoxy groups -OCH3 is 1. The van der Waals surface area contributed by atoms with Gasteiger partial charge < -0.3 is 40.4 Å². The van der Waals surface area contributed by atoms with Gasteiger partial charge in [0.05, 0.1) is 24.4 Å². The first-order chi connectivity index (χ1) is 25.0. The zero-order valence-corrected chi connectivity index (χ0v) is 30.7. The van der Waals surface area contributed by atoms with E-state index in [1.807, 2.05) is 99.7 Å². The first-order valence-corrected chi connectivity index (χ1v) is 17.8. The monoisotopic (exact) mass is 707 g/mol. The molecule has 2 aromatic heterocycles. The van der Waals surface area contributed by atoms with E-state index in [4.69, 9.17) is 9.72 Å². The molecule has 0 radical (unpaired) electrons. The molecule has 13 heteroatoms. The number of ether oxygens (including phenoxy) is 1. The molecule has 2 saturated heterocycles. The third-order valence-corrected chi connectivity index (χ3v) is 10.1. The van der Waals surface area contributed by atoms with Crippen LogP contribution in [0.3, 0.4) is 0 Å². The van der Waals surface area contributed by atoms with Crippen molar-refractivity contribution in [2.75, 3.05) is 57.6 Å². The highest BCUT2D eigenvalue weighted by Gasteiger charge is 2.42. The van der Waals surface area contributed by atoms with Crippen molar-refractivity contribution in [1.29, 1.82) is 0 Å². The number of nitrogens with one attached hydrogen (secondary N) is 4. The van der Waals surface area contributed by atoms with E-state index in [1.54, 1.807) is 6.20 Å². The molecule has 4 heterocycles. The number of benzene rings is 2. The van der Waals surface area contributed by atoms with E-state index in [9.17, 15) is 14.4 Å². The predicted molar refractivity (Wildman–Crippen MR) is 202 cm³/mol. The second kappa shape index (κ2) is 16.0. The fourth-order valence-electron chi connectivity index (χ4n) is 6.88. The van der Waals surface area contributed by atoms with Crippen LogP contribution in [0.5, 0.6) is 0 Å². The van der Waals surface area contributed by atoms with Gasteiger partial charge in [0.2, 0.25) is 5.91 Å². The molecule has 2 fully saturated rings. The van der Waals surface area contributed by atoms with Gasteiger partial charge in [0.15, 0.2) is 0 Å². The van der Waals surface area contributed by atoms with Crippen LogP contribution in [0.4, 0.5) is 16.3 Å². The average molecular weight is 708 g/mol. The van der Waals surface area contributed by atoms with E-state index in [1.165, 1.54) is 7.11 Å². The van der Waals surface area contributed by atoms with E-state index in [2.05, 4.69) is 42.6 Å². The van der Waals surface area contributed by atoms with Crippen molar-refractivity contribution in [1.82, 2.24) is 35.4 Å². The standard InChI is InChI=1S/C39H49N9O4/c1-24(2)35(45-39(51)52-6)38(50)48-23-31(46(4)5)19-33(48)36-42-22-32(44-36)28-9-7-26(8-10-28)27-11-14-30(15-12-27)43-37(49)29-13-16-34(41-21-29)47-18-17-40-20-25(47)3/h7-16,21-22,24-25,31,33,35,40H,17-20,23H2,1-6H3,(H,42,44)(H,43,49)(H,45,51)/t25?,31-,33-,35-/m0/s1. The van der Waals surface area contributed by atoms with Crippen molar-refractivity contribution in [2.24, 2.45) is 5.92 Å². The molecule has 4 N–H and O–H groups in total. The number of likely N-dealkylation sites (tertiary alicyclic amines) is 1. The van der Waals surface area contributed by atoms with Gasteiger partial charge in [0.1, 0.15) is 17.7 Å². The highest BCUT2D eigenvalue weighted by Crippen LogP contribution is 2.35. The third-order valence-electron chi connectivity index (χ3n) is 10.1. The Labute approximate surface area is 305 Å². The number of hydrogen-bond acceptors (Lipinski definition) is 9. The van der Waals surface area contributed by atoms with E-state index in [0.717, 1.165) is 47.8 Å². The summed E-state index contributed by atoms with van der Waals surface area (Å²) in [4.78, 5) is 57.8. The topological polar surface area (TPSA) is 148 Å². The number of alkyl carbamates (subject to hydrolysis) is 1. The molecule has 52 heavy (non-hydrogen) atoms. The lowest BCUT2D eigenvalue weighted by molar-refractivity contribution is -0.135. The molecular formula is C39H49N9O4. The van der Waals surface area contributed by atoms with Gasteiger partial charge in [0, 0.05) is 61.9 Å². The number of piperazine rings is 1. The van der Waals surface area contributed by atoms with Crippen LogP contribution in [-0.4, -0.2) is 108 Å². The van der Waals surface area contributed by atoms with Crippen molar-refractivity contribution in [3.05, 3.63) is 84.4 Å². The Balaban J connectivity index is 1.10. The zero-order valence-electron chi connectivity index (χ0n) is 30.7. The Hall–Kier alpha value is -5.27. The molecule has 0 spiro atoms. The normalized spacial score (nSPS) is 19.5. The number of carbonyl (C=O) groups excluding carboxylic acids is 3. The highest BCUT2D eigenvalue weighted by atomic mass is 16.5. The molecule has 3 amide bonds. The summed E-state index contributed by atoms with van der Waals surface area (Å²) in [5.74, 6) is 1.09. The summed E-state index contributed by atoms with van der Waals surface area (Å²) in [5, 5.41) is 9.08. The van der Waals surface area contributed by atoms with Crippen LogP contribution in [-0.2, 0) is 9.53 Å². The summed E-state index contributed by atoms with van der Waals surface area (Å²) >= 11 is 0. The molecule has 1 unspecified atom stereocenters. The Morgan fingerprint density at radius 3 is 2.29 bits per heavy atom. The van der Waals surface area contributed by atoms with Crippen LogP contribution in [0.15, 0.2) is 73.1 Å². The molecule has 13 nitrogen and oxygen atoms in total. The molecule has 2 aromatic carbocycles. The first kappa shape index (κ1) is 36.5. The third kappa shape index (κ3) is 8.11. The number of hydrogen-bond donors (Lipinski definition) is 4. The molecular weight excluding hydrogens is 658 g/mol. The Bertz CT molecular complexity index is 1840. The number of pyridine rings is 1. The number of H-pyrrole nitrogens is 1. The minimum atomic E-state index is -0.718. The van der Waals surface area contributed by atoms with Gasteiger partial charge in [-0.15, -0.1) is 0 Å². The molecule has 6 rings (SSSR count). The number of aromatic nitrogens is 3. The molecule has 0 aliphatic carbocycles. The Morgan fingerprint density at radius 2 is 1.67 bits per heavy atom. The quantitative estimate of drug-likeness (QED) is 0.183. The number of rotatable bonds is 10. The van der Waals surface area contributed by atoms with Gasteiger partial charge in [-0.2, -0.15) is 0 Å². The van der Waals surface area contributed by atoms with Gasteiger partial charge in [-0.3, -0.25) is 9.59 Å². The largest absolute Gasteiger partial charge is 0.453 e. The van der Waals surface area contributed by atoms with Gasteiger partial charge in [-0.05, 0) is 68.8 Å². The predicted octanol–water partition coefficient (Wildman–Crippen LogP) is 4.77. The lowest BCUT2D eigenvalue weighted by Crippen LogP contribution is -2.51. The van der Waals surface area contributed by atoms with Crippen LogP contribution < -0.4 is 20.9 Å². The van der Waals surface area contributed by atoms with E-state index in [-0.39, 0.29) is 29.8 Å². The summed E-state index contributed by atoms with van der Waals surface area (Å²) in [6, 6.07) is 19.1. The van der Waals surface area contributed by atoms with Crippen LogP contribution in [0.2, 0.25) is 0 Å². The molecule has 274 valence electrons. The Kier molecular flexibility index (Phi) is 11.2. The van der Waals surface area contributed by atoms with Crippen molar-refractivity contribution in [3.8, 4) is 22.4 Å². The molecule has 0 saturated carbocycles. The van der Waals surface area contributed by atoms with Crippen LogP contribution in [0.1, 0.15) is 49.4 Å². The number of amides is 3. The van der Waals surface area contributed by atoms with Crippen LogP contribution >= 0.6 is 0 Å². The average Bonchev–Trinajstić information content (AvgIpc) is 3.83. The summed E-state index contributed by atoms with van der Waals surface area (Å²) in [6.45, 7) is 9.21. The second-order valence-electron chi connectivity index (χ2n) is 14.1. The summed E-state index contributed by atoms with van der Waals surface area (Å²) in [7, 11) is 5.31. The van der Waals surface area contributed by atoms with Crippen LogP contribution in [0, 0.1) is 5.92 Å². The molecule has 2 aliphatic rings. The van der Waals surface area contributed by atoms with E-state index in [0.29, 0.717) is 36.1 Å². The fraction of sp³-hybridized carbons (Fsp3) is 0.410. The molecule has 4 atom stereocenters.